The predicted molar refractivity (Wildman–Crippen MR) is 87.6 cm³/mol. The first kappa shape index (κ1) is 14.8. The third kappa shape index (κ3) is 4.49. The molecule has 0 aliphatic heterocycles. The molecule has 0 unspecified atom stereocenters. The van der Waals surface area contributed by atoms with Gasteiger partial charge in [-0.15, -0.1) is 11.8 Å². The third-order valence-corrected chi connectivity index (χ3v) is 4.27. The standard InChI is InChI=1S/C17H21NOS/c1-13-5-3-6-16(11-13)19-9-4-10-20-17-8-7-15(18)12-14(17)2/h3,5-8,11-12H,4,9-10,18H2,1-2H3. The number of anilines is 1. The van der Waals surface area contributed by atoms with Gasteiger partial charge in [0.15, 0.2) is 0 Å². The molecule has 20 heavy (non-hydrogen) atoms. The SMILES string of the molecule is Cc1cccc(OCCCSc2ccc(N)cc2C)c1. The molecule has 0 radical (unpaired) electrons. The van der Waals surface area contributed by atoms with Crippen molar-refractivity contribution in [3.8, 4) is 5.75 Å². The van der Waals surface area contributed by atoms with Crippen LogP contribution in [0.4, 0.5) is 5.69 Å². The number of nitrogen functional groups attached to an aromatic ring is 1. The number of aryl methyl sites for hydroxylation is 2. The van der Waals surface area contributed by atoms with E-state index in [2.05, 4.69) is 32.0 Å². The summed E-state index contributed by atoms with van der Waals surface area (Å²) in [4.78, 5) is 1.30. The molecule has 106 valence electrons. The van der Waals surface area contributed by atoms with Crippen molar-refractivity contribution in [3.05, 3.63) is 53.6 Å². The summed E-state index contributed by atoms with van der Waals surface area (Å²) in [6, 6.07) is 14.2. The minimum absolute atomic E-state index is 0.754. The smallest absolute Gasteiger partial charge is 0.119 e. The molecule has 0 spiro atoms. The Morgan fingerprint density at radius 2 is 1.95 bits per heavy atom. The summed E-state index contributed by atoms with van der Waals surface area (Å²) in [5.74, 6) is 2.01. The summed E-state index contributed by atoms with van der Waals surface area (Å²) in [7, 11) is 0. The zero-order chi connectivity index (χ0) is 14.4. The molecule has 0 saturated carbocycles. The molecule has 2 nitrogen and oxygen atoms in total. The maximum atomic E-state index is 5.75. The van der Waals surface area contributed by atoms with Gasteiger partial charge in [0.25, 0.3) is 0 Å². The van der Waals surface area contributed by atoms with Crippen LogP contribution in [0, 0.1) is 13.8 Å². The average molecular weight is 287 g/mol. The Balaban J connectivity index is 1.71. The largest absolute Gasteiger partial charge is 0.494 e. The number of benzene rings is 2. The van der Waals surface area contributed by atoms with Crippen molar-refractivity contribution in [2.45, 2.75) is 25.2 Å². The Bertz CT molecular complexity index is 569. The zero-order valence-electron chi connectivity index (χ0n) is 12.1. The summed E-state index contributed by atoms with van der Waals surface area (Å²) in [5.41, 5.74) is 9.06. The van der Waals surface area contributed by atoms with Gasteiger partial charge in [0.05, 0.1) is 6.61 Å². The van der Waals surface area contributed by atoms with E-state index in [1.807, 2.05) is 36.0 Å². The van der Waals surface area contributed by atoms with E-state index in [0.29, 0.717) is 0 Å². The van der Waals surface area contributed by atoms with Crippen LogP contribution in [-0.4, -0.2) is 12.4 Å². The summed E-state index contributed by atoms with van der Waals surface area (Å²) >= 11 is 1.86. The van der Waals surface area contributed by atoms with Crippen LogP contribution < -0.4 is 10.5 Å². The molecule has 0 bridgehead atoms. The number of ether oxygens (including phenoxy) is 1. The normalized spacial score (nSPS) is 10.5. The van der Waals surface area contributed by atoms with Gasteiger partial charge in [-0.1, -0.05) is 12.1 Å². The van der Waals surface area contributed by atoms with Gasteiger partial charge in [0.2, 0.25) is 0 Å². The van der Waals surface area contributed by atoms with Gasteiger partial charge in [-0.3, -0.25) is 0 Å². The minimum atomic E-state index is 0.754. The van der Waals surface area contributed by atoms with Crippen LogP contribution in [0.5, 0.6) is 5.75 Å². The fourth-order valence-electron chi connectivity index (χ4n) is 1.97. The van der Waals surface area contributed by atoms with Crippen LogP contribution in [0.3, 0.4) is 0 Å². The van der Waals surface area contributed by atoms with E-state index in [1.54, 1.807) is 0 Å². The Hall–Kier alpha value is -1.61. The van der Waals surface area contributed by atoms with Crippen molar-refractivity contribution in [2.24, 2.45) is 0 Å². The van der Waals surface area contributed by atoms with Crippen molar-refractivity contribution >= 4 is 17.4 Å². The molecule has 0 atom stereocenters. The van der Waals surface area contributed by atoms with Gasteiger partial charge < -0.3 is 10.5 Å². The second-order valence-corrected chi connectivity index (χ2v) is 6.03. The number of hydrogen-bond acceptors (Lipinski definition) is 3. The van der Waals surface area contributed by atoms with Gasteiger partial charge in [-0.05, 0) is 61.7 Å². The molecular formula is C17H21NOS. The van der Waals surface area contributed by atoms with E-state index >= 15 is 0 Å². The Morgan fingerprint density at radius 1 is 1.10 bits per heavy atom. The highest BCUT2D eigenvalue weighted by atomic mass is 32.2. The van der Waals surface area contributed by atoms with E-state index in [1.165, 1.54) is 16.0 Å². The highest BCUT2D eigenvalue weighted by molar-refractivity contribution is 7.99. The zero-order valence-corrected chi connectivity index (χ0v) is 12.9. The lowest BCUT2D eigenvalue weighted by molar-refractivity contribution is 0.318. The maximum absolute atomic E-state index is 5.75. The van der Waals surface area contributed by atoms with E-state index in [9.17, 15) is 0 Å². The van der Waals surface area contributed by atoms with Gasteiger partial charge >= 0.3 is 0 Å². The molecule has 2 rings (SSSR count). The molecule has 2 N–H and O–H groups in total. The molecule has 0 heterocycles. The average Bonchev–Trinajstić information content (AvgIpc) is 2.41. The monoisotopic (exact) mass is 287 g/mol. The lowest BCUT2D eigenvalue weighted by Crippen LogP contribution is -1.99. The number of thioether (sulfide) groups is 1. The fourth-order valence-corrected chi connectivity index (χ4v) is 2.90. The van der Waals surface area contributed by atoms with Crippen LogP contribution in [0.1, 0.15) is 17.5 Å². The number of hydrogen-bond donors (Lipinski definition) is 1. The molecule has 0 aliphatic rings. The number of rotatable bonds is 6. The molecule has 2 aromatic carbocycles. The van der Waals surface area contributed by atoms with Crippen molar-refractivity contribution in [2.75, 3.05) is 18.1 Å². The van der Waals surface area contributed by atoms with Crippen LogP contribution in [0.15, 0.2) is 47.4 Å². The first-order valence-corrected chi connectivity index (χ1v) is 7.82. The Kier molecular flexibility index (Phi) is 5.36. The van der Waals surface area contributed by atoms with Gasteiger partial charge in [-0.2, -0.15) is 0 Å². The summed E-state index contributed by atoms with van der Waals surface area (Å²) < 4.78 is 5.74. The fraction of sp³-hybridized carbons (Fsp3) is 0.294. The molecule has 0 aliphatic carbocycles. The predicted octanol–water partition coefficient (Wildman–Crippen LogP) is 4.45. The summed E-state index contributed by atoms with van der Waals surface area (Å²) in [6.45, 7) is 4.93. The van der Waals surface area contributed by atoms with Gasteiger partial charge in [0.1, 0.15) is 5.75 Å². The lowest BCUT2D eigenvalue weighted by Gasteiger charge is -2.08. The lowest BCUT2D eigenvalue weighted by atomic mass is 10.2. The topological polar surface area (TPSA) is 35.2 Å². The molecular weight excluding hydrogens is 266 g/mol. The number of nitrogens with two attached hydrogens (primary N) is 1. The Morgan fingerprint density at radius 3 is 2.70 bits per heavy atom. The second-order valence-electron chi connectivity index (χ2n) is 4.89. The molecule has 3 heteroatoms. The van der Waals surface area contributed by atoms with Crippen LogP contribution in [0.25, 0.3) is 0 Å². The first-order valence-electron chi connectivity index (χ1n) is 6.83. The quantitative estimate of drug-likeness (QED) is 0.484. The highest BCUT2D eigenvalue weighted by Crippen LogP contribution is 2.24. The molecule has 2 aromatic rings. The van der Waals surface area contributed by atoms with E-state index in [-0.39, 0.29) is 0 Å². The van der Waals surface area contributed by atoms with Crippen molar-refractivity contribution in [3.63, 3.8) is 0 Å². The van der Waals surface area contributed by atoms with E-state index < -0.39 is 0 Å². The molecule has 0 fully saturated rings. The van der Waals surface area contributed by atoms with Crippen molar-refractivity contribution in [1.29, 1.82) is 0 Å². The second kappa shape index (κ2) is 7.25. The summed E-state index contributed by atoms with van der Waals surface area (Å²) in [5, 5.41) is 0. The highest BCUT2D eigenvalue weighted by Gasteiger charge is 2.00. The van der Waals surface area contributed by atoms with Crippen LogP contribution in [0.2, 0.25) is 0 Å². The molecule has 0 saturated heterocycles. The van der Waals surface area contributed by atoms with E-state index in [4.69, 9.17) is 10.5 Å². The van der Waals surface area contributed by atoms with Crippen molar-refractivity contribution in [1.82, 2.24) is 0 Å². The van der Waals surface area contributed by atoms with Gasteiger partial charge in [-0.25, -0.2) is 0 Å². The maximum Gasteiger partial charge on any atom is 0.119 e. The first-order chi connectivity index (χ1) is 9.65. The third-order valence-electron chi connectivity index (χ3n) is 3.00. The van der Waals surface area contributed by atoms with Crippen molar-refractivity contribution < 1.29 is 4.74 Å². The Labute approximate surface area is 125 Å². The minimum Gasteiger partial charge on any atom is -0.494 e. The van der Waals surface area contributed by atoms with Crippen LogP contribution >= 0.6 is 11.8 Å². The van der Waals surface area contributed by atoms with Gasteiger partial charge in [0, 0.05) is 16.3 Å². The molecule has 0 aromatic heterocycles. The van der Waals surface area contributed by atoms with E-state index in [0.717, 1.165) is 30.2 Å². The molecule has 0 amide bonds. The van der Waals surface area contributed by atoms with Crippen LogP contribution in [-0.2, 0) is 0 Å². The summed E-state index contributed by atoms with van der Waals surface area (Å²) in [6.07, 6.45) is 1.03.